The maximum absolute atomic E-state index is 10.3. The van der Waals surface area contributed by atoms with Crippen LogP contribution in [-0.2, 0) is 0 Å². The molecule has 0 aliphatic carbocycles. The maximum Gasteiger partial charge on any atom is 0.119 e. The summed E-state index contributed by atoms with van der Waals surface area (Å²) in [7, 11) is 0. The Labute approximate surface area is 139 Å². The molecule has 5 heteroatoms. The second-order valence-electron chi connectivity index (χ2n) is 6.36. The van der Waals surface area contributed by atoms with E-state index in [-0.39, 0.29) is 12.5 Å². The van der Waals surface area contributed by atoms with E-state index < -0.39 is 18.3 Å². The van der Waals surface area contributed by atoms with Gasteiger partial charge >= 0.3 is 0 Å². The van der Waals surface area contributed by atoms with Gasteiger partial charge < -0.3 is 25.0 Å². The van der Waals surface area contributed by atoms with Gasteiger partial charge in [-0.25, -0.2) is 0 Å². The third-order valence-electron chi connectivity index (χ3n) is 3.89. The van der Waals surface area contributed by atoms with Crippen molar-refractivity contribution in [3.63, 3.8) is 0 Å². The molecular weight excluding hydrogens is 294 g/mol. The first kappa shape index (κ1) is 19.7. The van der Waals surface area contributed by atoms with Crippen LogP contribution in [0.3, 0.4) is 0 Å². The molecular formula is C18H31NO4. The minimum Gasteiger partial charge on any atom is -0.491 e. The first-order valence-electron chi connectivity index (χ1n) is 8.35. The van der Waals surface area contributed by atoms with Crippen LogP contribution in [0.15, 0.2) is 24.3 Å². The smallest absolute Gasteiger partial charge is 0.119 e. The molecule has 0 spiro atoms. The van der Waals surface area contributed by atoms with Gasteiger partial charge in [-0.15, -0.1) is 0 Å². The molecule has 0 bridgehead atoms. The molecule has 23 heavy (non-hydrogen) atoms. The van der Waals surface area contributed by atoms with Gasteiger partial charge in [0.2, 0.25) is 0 Å². The predicted molar refractivity (Wildman–Crippen MR) is 93.0 cm³/mol. The third kappa shape index (κ3) is 7.20. The summed E-state index contributed by atoms with van der Waals surface area (Å²) in [4.78, 5) is 1.99. The number of ether oxygens (including phenoxy) is 1. The van der Waals surface area contributed by atoms with Gasteiger partial charge in [-0.05, 0) is 44.0 Å². The van der Waals surface area contributed by atoms with Crippen LogP contribution in [0.4, 0.5) is 5.69 Å². The highest BCUT2D eigenvalue weighted by molar-refractivity contribution is 5.49. The van der Waals surface area contributed by atoms with Crippen molar-refractivity contribution in [3.8, 4) is 5.75 Å². The fraction of sp³-hybridized carbons (Fsp3) is 0.667. The van der Waals surface area contributed by atoms with Crippen LogP contribution < -0.4 is 9.64 Å². The molecule has 3 N–H and O–H groups in total. The molecule has 0 heterocycles. The summed E-state index contributed by atoms with van der Waals surface area (Å²) in [6, 6.07) is 7.48. The highest BCUT2D eigenvalue weighted by Gasteiger charge is 2.18. The Bertz CT molecular complexity index is 433. The summed E-state index contributed by atoms with van der Waals surface area (Å²) in [6.45, 7) is 8.69. The fourth-order valence-electron chi connectivity index (χ4n) is 2.25. The molecule has 132 valence electrons. The summed E-state index contributed by atoms with van der Waals surface area (Å²) in [5.41, 5.74) is 0.928. The van der Waals surface area contributed by atoms with E-state index in [4.69, 9.17) is 4.74 Å². The molecule has 0 aliphatic rings. The van der Waals surface area contributed by atoms with Crippen LogP contribution in [0.2, 0.25) is 0 Å². The van der Waals surface area contributed by atoms with E-state index in [1.807, 2.05) is 36.1 Å². The van der Waals surface area contributed by atoms with Crippen molar-refractivity contribution >= 4 is 5.69 Å². The number of rotatable bonds is 10. The lowest BCUT2D eigenvalue weighted by molar-refractivity contribution is 0.115. The first-order chi connectivity index (χ1) is 10.8. The van der Waals surface area contributed by atoms with Gasteiger partial charge in [-0.3, -0.25) is 0 Å². The van der Waals surface area contributed by atoms with Gasteiger partial charge in [0, 0.05) is 18.8 Å². The Hall–Kier alpha value is -1.30. The number of nitrogens with zero attached hydrogens (tertiary/aromatic N) is 1. The lowest BCUT2D eigenvalue weighted by Gasteiger charge is -2.30. The Kier molecular flexibility index (Phi) is 8.37. The monoisotopic (exact) mass is 325 g/mol. The van der Waals surface area contributed by atoms with Crippen LogP contribution >= 0.6 is 0 Å². The first-order valence-corrected chi connectivity index (χ1v) is 8.35. The Morgan fingerprint density at radius 2 is 1.57 bits per heavy atom. The zero-order chi connectivity index (χ0) is 17.4. The van der Waals surface area contributed by atoms with Gasteiger partial charge in [-0.1, -0.05) is 20.3 Å². The zero-order valence-corrected chi connectivity index (χ0v) is 14.6. The van der Waals surface area contributed by atoms with Crippen LogP contribution in [-0.4, -0.2) is 53.3 Å². The summed E-state index contributed by atoms with van der Waals surface area (Å²) >= 11 is 0. The Balaban J connectivity index is 2.77. The molecule has 1 rings (SSSR count). The van der Waals surface area contributed by atoms with E-state index >= 15 is 0 Å². The van der Waals surface area contributed by atoms with E-state index in [9.17, 15) is 15.3 Å². The number of aliphatic hydroxyl groups is 3. The molecule has 4 atom stereocenters. The highest BCUT2D eigenvalue weighted by atomic mass is 16.5. The van der Waals surface area contributed by atoms with Crippen LogP contribution in [0.1, 0.15) is 34.1 Å². The number of anilines is 1. The van der Waals surface area contributed by atoms with Gasteiger partial charge in [0.1, 0.15) is 12.4 Å². The van der Waals surface area contributed by atoms with Crippen molar-refractivity contribution in [1.82, 2.24) is 0 Å². The molecule has 0 aromatic heterocycles. The van der Waals surface area contributed by atoms with Crippen molar-refractivity contribution in [3.05, 3.63) is 24.3 Å². The number of aliphatic hydroxyl groups excluding tert-OH is 3. The van der Waals surface area contributed by atoms with Crippen molar-refractivity contribution in [2.24, 2.45) is 5.92 Å². The van der Waals surface area contributed by atoms with E-state index in [1.54, 1.807) is 13.8 Å². The normalized spacial score (nSPS) is 16.5. The molecule has 0 saturated heterocycles. The van der Waals surface area contributed by atoms with Gasteiger partial charge in [0.05, 0.1) is 18.3 Å². The predicted octanol–water partition coefficient (Wildman–Crippen LogP) is 2.04. The van der Waals surface area contributed by atoms with E-state index in [1.165, 1.54) is 0 Å². The van der Waals surface area contributed by atoms with Crippen molar-refractivity contribution in [1.29, 1.82) is 0 Å². The minimum absolute atomic E-state index is 0.208. The molecule has 4 unspecified atom stereocenters. The third-order valence-corrected chi connectivity index (χ3v) is 3.89. The lowest BCUT2D eigenvalue weighted by Crippen LogP contribution is -2.39. The molecule has 5 nitrogen and oxygen atoms in total. The SMILES string of the molecule is CCC(C)C(O)CN(CC(C)O)c1ccc(OCC(C)O)cc1. The summed E-state index contributed by atoms with van der Waals surface area (Å²) in [5, 5.41) is 29.2. The average molecular weight is 325 g/mol. The number of benzene rings is 1. The molecule has 0 aliphatic heterocycles. The summed E-state index contributed by atoms with van der Waals surface area (Å²) in [5.74, 6) is 0.897. The number of hydrogen-bond acceptors (Lipinski definition) is 5. The average Bonchev–Trinajstić information content (AvgIpc) is 2.51. The van der Waals surface area contributed by atoms with E-state index in [0.717, 1.165) is 12.1 Å². The van der Waals surface area contributed by atoms with Crippen molar-refractivity contribution < 1.29 is 20.1 Å². The Morgan fingerprint density at radius 1 is 0.957 bits per heavy atom. The van der Waals surface area contributed by atoms with Gasteiger partial charge in [0.15, 0.2) is 0 Å². The highest BCUT2D eigenvalue weighted by Crippen LogP contribution is 2.21. The summed E-state index contributed by atoms with van der Waals surface area (Å²) in [6.07, 6.45) is -0.516. The minimum atomic E-state index is -0.507. The second kappa shape index (κ2) is 9.75. The topological polar surface area (TPSA) is 73.2 Å². The van der Waals surface area contributed by atoms with E-state index in [2.05, 4.69) is 6.92 Å². The van der Waals surface area contributed by atoms with Crippen LogP contribution in [0.5, 0.6) is 5.75 Å². The lowest BCUT2D eigenvalue weighted by atomic mass is 10.0. The molecule has 1 aromatic carbocycles. The van der Waals surface area contributed by atoms with Crippen molar-refractivity contribution in [2.45, 2.75) is 52.4 Å². The molecule has 0 radical (unpaired) electrons. The molecule has 1 aromatic rings. The summed E-state index contributed by atoms with van der Waals surface area (Å²) < 4.78 is 5.45. The van der Waals surface area contributed by atoms with E-state index in [0.29, 0.717) is 18.8 Å². The van der Waals surface area contributed by atoms with Gasteiger partial charge in [-0.2, -0.15) is 0 Å². The second-order valence-corrected chi connectivity index (χ2v) is 6.36. The Morgan fingerprint density at radius 3 is 2.04 bits per heavy atom. The standard InChI is InChI=1S/C18H31NO4/c1-5-13(2)18(22)11-19(10-14(3)20)16-6-8-17(9-7-16)23-12-15(4)21/h6-9,13-15,18,20-22H,5,10-12H2,1-4H3. The van der Waals surface area contributed by atoms with Crippen molar-refractivity contribution in [2.75, 3.05) is 24.6 Å². The largest absolute Gasteiger partial charge is 0.491 e. The molecule has 0 fully saturated rings. The zero-order valence-electron chi connectivity index (χ0n) is 14.6. The molecule has 0 amide bonds. The quantitative estimate of drug-likeness (QED) is 0.614. The molecule has 0 saturated carbocycles. The number of hydrogen-bond donors (Lipinski definition) is 3. The van der Waals surface area contributed by atoms with Crippen LogP contribution in [0.25, 0.3) is 0 Å². The van der Waals surface area contributed by atoms with Crippen LogP contribution in [0, 0.1) is 5.92 Å². The van der Waals surface area contributed by atoms with Gasteiger partial charge in [0.25, 0.3) is 0 Å². The fourth-order valence-corrected chi connectivity index (χ4v) is 2.25. The maximum atomic E-state index is 10.3.